The maximum Gasteiger partial charge on any atom is 0.254 e. The van der Waals surface area contributed by atoms with Gasteiger partial charge in [0.05, 0.1) is 5.69 Å². The number of hydrogen-bond donors (Lipinski definition) is 1. The van der Waals surface area contributed by atoms with Crippen molar-refractivity contribution in [2.45, 2.75) is 26.4 Å². The summed E-state index contributed by atoms with van der Waals surface area (Å²) in [7, 11) is 0. The van der Waals surface area contributed by atoms with Crippen LogP contribution in [0.15, 0.2) is 57.8 Å². The van der Waals surface area contributed by atoms with E-state index in [4.69, 9.17) is 4.98 Å². The Morgan fingerprint density at radius 3 is 2.77 bits per heavy atom. The summed E-state index contributed by atoms with van der Waals surface area (Å²) in [4.78, 5) is 22.5. The molecule has 1 aliphatic rings. The van der Waals surface area contributed by atoms with Crippen molar-refractivity contribution in [2.24, 2.45) is 0 Å². The highest BCUT2D eigenvalue weighted by Gasteiger charge is 2.22. The van der Waals surface area contributed by atoms with E-state index in [9.17, 15) is 4.79 Å². The molecule has 0 saturated heterocycles. The molecular formula is C21H20BrN3O. The Kier molecular flexibility index (Phi) is 4.74. The summed E-state index contributed by atoms with van der Waals surface area (Å²) in [6.07, 6.45) is 0.732. The number of fused-ring (bicyclic) bond motifs is 1. The number of aryl methyl sites for hydroxylation is 1. The van der Waals surface area contributed by atoms with Crippen LogP contribution in [0.3, 0.4) is 0 Å². The second-order valence-electron chi connectivity index (χ2n) is 6.76. The Labute approximate surface area is 161 Å². The molecule has 0 bridgehead atoms. The topological polar surface area (TPSA) is 49.0 Å². The van der Waals surface area contributed by atoms with Gasteiger partial charge in [0.2, 0.25) is 0 Å². The van der Waals surface area contributed by atoms with Crippen molar-refractivity contribution in [1.29, 1.82) is 0 Å². The Morgan fingerprint density at radius 1 is 1.19 bits per heavy atom. The van der Waals surface area contributed by atoms with Crippen molar-refractivity contribution < 1.29 is 0 Å². The van der Waals surface area contributed by atoms with Crippen molar-refractivity contribution in [2.75, 3.05) is 6.54 Å². The lowest BCUT2D eigenvalue weighted by Gasteiger charge is -2.28. The molecule has 1 aliphatic heterocycles. The van der Waals surface area contributed by atoms with Gasteiger partial charge in [-0.2, -0.15) is 0 Å². The normalized spacial score (nSPS) is 14.2. The van der Waals surface area contributed by atoms with E-state index in [1.54, 1.807) is 0 Å². The molecule has 2 aromatic carbocycles. The monoisotopic (exact) mass is 409 g/mol. The average Bonchev–Trinajstić information content (AvgIpc) is 2.64. The van der Waals surface area contributed by atoms with E-state index in [2.05, 4.69) is 50.9 Å². The molecule has 4 nitrogen and oxygen atoms in total. The number of nitrogens with one attached hydrogen (secondary N) is 1. The molecule has 2 heterocycles. The molecule has 3 aromatic rings. The molecule has 0 radical (unpaired) electrons. The van der Waals surface area contributed by atoms with Crippen molar-refractivity contribution in [1.82, 2.24) is 14.9 Å². The van der Waals surface area contributed by atoms with Crippen LogP contribution in [0.1, 0.15) is 22.4 Å². The summed E-state index contributed by atoms with van der Waals surface area (Å²) >= 11 is 3.66. The second-order valence-corrected chi connectivity index (χ2v) is 7.62. The van der Waals surface area contributed by atoms with Crippen LogP contribution in [0.4, 0.5) is 0 Å². The standard InChI is InChI=1S/C21H20BrN3O/c1-14-7-8-16(18(22)11-14)12-25-10-9-17-19(13-25)23-20(24-21(17)26)15-5-3-2-4-6-15/h2-8,11H,9-10,12-13H2,1H3,(H,23,24,26). The zero-order valence-corrected chi connectivity index (χ0v) is 16.2. The fourth-order valence-electron chi connectivity index (χ4n) is 3.38. The highest BCUT2D eigenvalue weighted by atomic mass is 79.9. The molecule has 0 saturated carbocycles. The lowest BCUT2D eigenvalue weighted by atomic mass is 10.0. The van der Waals surface area contributed by atoms with Crippen LogP contribution in [-0.2, 0) is 19.5 Å². The minimum Gasteiger partial charge on any atom is -0.306 e. The third-order valence-electron chi connectivity index (χ3n) is 4.80. The molecule has 0 aliphatic carbocycles. The number of rotatable bonds is 3. The number of nitrogens with zero attached hydrogens (tertiary/aromatic N) is 2. The van der Waals surface area contributed by atoms with Gasteiger partial charge in [-0.3, -0.25) is 9.69 Å². The molecule has 0 unspecified atom stereocenters. The summed E-state index contributed by atoms with van der Waals surface area (Å²) in [5.41, 5.74) is 5.14. The van der Waals surface area contributed by atoms with E-state index >= 15 is 0 Å². The molecule has 0 atom stereocenters. The molecule has 0 spiro atoms. The van der Waals surface area contributed by atoms with E-state index in [0.717, 1.165) is 40.8 Å². The number of halogens is 1. The van der Waals surface area contributed by atoms with E-state index in [-0.39, 0.29) is 5.56 Å². The van der Waals surface area contributed by atoms with Crippen molar-refractivity contribution in [3.05, 3.63) is 85.7 Å². The smallest absolute Gasteiger partial charge is 0.254 e. The van der Waals surface area contributed by atoms with Gasteiger partial charge in [0.1, 0.15) is 5.82 Å². The number of H-pyrrole nitrogens is 1. The first-order valence-electron chi connectivity index (χ1n) is 8.75. The predicted molar refractivity (Wildman–Crippen MR) is 107 cm³/mol. The SMILES string of the molecule is Cc1ccc(CN2CCc3c(nc(-c4ccccc4)[nH]c3=O)C2)c(Br)c1. The first kappa shape index (κ1) is 17.2. The number of hydrogen-bond acceptors (Lipinski definition) is 3. The van der Waals surface area contributed by atoms with Crippen LogP contribution in [0.2, 0.25) is 0 Å². The van der Waals surface area contributed by atoms with Gasteiger partial charge >= 0.3 is 0 Å². The molecule has 0 fully saturated rings. The summed E-state index contributed by atoms with van der Waals surface area (Å²) in [5, 5.41) is 0. The zero-order chi connectivity index (χ0) is 18.1. The molecule has 26 heavy (non-hydrogen) atoms. The van der Waals surface area contributed by atoms with Gasteiger partial charge in [-0.1, -0.05) is 58.4 Å². The van der Waals surface area contributed by atoms with E-state index in [1.165, 1.54) is 11.1 Å². The van der Waals surface area contributed by atoms with Crippen LogP contribution in [-0.4, -0.2) is 21.4 Å². The fraction of sp³-hybridized carbons (Fsp3) is 0.238. The average molecular weight is 410 g/mol. The second kappa shape index (κ2) is 7.17. The third-order valence-corrected chi connectivity index (χ3v) is 5.54. The number of aromatic amines is 1. The molecule has 0 amide bonds. The molecule has 1 aromatic heterocycles. The van der Waals surface area contributed by atoms with Gasteiger partial charge in [0.15, 0.2) is 0 Å². The quantitative estimate of drug-likeness (QED) is 0.709. The predicted octanol–water partition coefficient (Wildman–Crippen LogP) is 4.07. The van der Waals surface area contributed by atoms with Crippen LogP contribution >= 0.6 is 15.9 Å². The number of aromatic nitrogens is 2. The molecule has 132 valence electrons. The first-order valence-corrected chi connectivity index (χ1v) is 9.54. The van der Waals surface area contributed by atoms with Gasteiger partial charge in [0, 0.05) is 35.2 Å². The molecule has 4 rings (SSSR count). The number of benzene rings is 2. The summed E-state index contributed by atoms with van der Waals surface area (Å²) < 4.78 is 1.13. The Balaban J connectivity index is 1.61. The van der Waals surface area contributed by atoms with E-state index in [0.29, 0.717) is 12.4 Å². The molecule has 5 heteroatoms. The van der Waals surface area contributed by atoms with Gasteiger partial charge < -0.3 is 4.98 Å². The maximum absolute atomic E-state index is 12.5. The zero-order valence-electron chi connectivity index (χ0n) is 14.6. The minimum absolute atomic E-state index is 0.00924. The summed E-state index contributed by atoms with van der Waals surface area (Å²) in [6, 6.07) is 16.2. The highest BCUT2D eigenvalue weighted by molar-refractivity contribution is 9.10. The fourth-order valence-corrected chi connectivity index (χ4v) is 4.00. The van der Waals surface area contributed by atoms with Crippen LogP contribution in [0.25, 0.3) is 11.4 Å². The Hall–Kier alpha value is -2.24. The van der Waals surface area contributed by atoms with Crippen LogP contribution in [0, 0.1) is 6.92 Å². The van der Waals surface area contributed by atoms with Gasteiger partial charge in [-0.15, -0.1) is 0 Å². The van der Waals surface area contributed by atoms with Crippen molar-refractivity contribution >= 4 is 15.9 Å². The summed E-state index contributed by atoms with van der Waals surface area (Å²) in [6.45, 7) is 4.49. The van der Waals surface area contributed by atoms with E-state index in [1.807, 2.05) is 30.3 Å². The van der Waals surface area contributed by atoms with E-state index < -0.39 is 0 Å². The maximum atomic E-state index is 12.5. The molecular weight excluding hydrogens is 390 g/mol. The van der Waals surface area contributed by atoms with Gasteiger partial charge in [-0.25, -0.2) is 4.98 Å². The molecule has 1 N–H and O–H groups in total. The van der Waals surface area contributed by atoms with Gasteiger partial charge in [0.25, 0.3) is 5.56 Å². The minimum atomic E-state index is -0.00924. The Bertz CT molecular complexity index is 998. The lowest BCUT2D eigenvalue weighted by Crippen LogP contribution is -2.35. The van der Waals surface area contributed by atoms with Crippen LogP contribution < -0.4 is 5.56 Å². The van der Waals surface area contributed by atoms with Gasteiger partial charge in [-0.05, 0) is 30.5 Å². The Morgan fingerprint density at radius 2 is 2.00 bits per heavy atom. The summed E-state index contributed by atoms with van der Waals surface area (Å²) in [5.74, 6) is 0.646. The van der Waals surface area contributed by atoms with Crippen molar-refractivity contribution in [3.8, 4) is 11.4 Å². The first-order chi connectivity index (χ1) is 12.6. The third kappa shape index (κ3) is 3.50. The lowest BCUT2D eigenvalue weighted by molar-refractivity contribution is 0.240. The highest BCUT2D eigenvalue weighted by Crippen LogP contribution is 2.23. The van der Waals surface area contributed by atoms with Crippen molar-refractivity contribution in [3.63, 3.8) is 0 Å². The van der Waals surface area contributed by atoms with Crippen LogP contribution in [0.5, 0.6) is 0 Å². The largest absolute Gasteiger partial charge is 0.306 e.